The summed E-state index contributed by atoms with van der Waals surface area (Å²) >= 11 is 6.43. The van der Waals surface area contributed by atoms with Crippen molar-refractivity contribution in [2.24, 2.45) is 0 Å². The highest BCUT2D eigenvalue weighted by Crippen LogP contribution is 2.38. The van der Waals surface area contributed by atoms with Crippen molar-refractivity contribution >= 4 is 40.8 Å². The summed E-state index contributed by atoms with van der Waals surface area (Å²) in [4.78, 5) is 35.6. The number of piperazine rings is 1. The lowest BCUT2D eigenvalue weighted by molar-refractivity contribution is 0.0201. The van der Waals surface area contributed by atoms with Crippen molar-refractivity contribution in [3.8, 4) is 22.8 Å². The maximum atomic E-state index is 12.5. The van der Waals surface area contributed by atoms with Crippen molar-refractivity contribution in [2.75, 3.05) is 75.2 Å². The molecule has 2 aliphatic rings. The van der Waals surface area contributed by atoms with Crippen molar-refractivity contribution < 1.29 is 19.0 Å². The lowest BCUT2D eigenvalue weighted by Crippen LogP contribution is -2.48. The van der Waals surface area contributed by atoms with E-state index in [-0.39, 0.29) is 12.1 Å². The molecule has 0 spiro atoms. The Kier molecular flexibility index (Phi) is 9.23. The second-order valence-corrected chi connectivity index (χ2v) is 13.4. The van der Waals surface area contributed by atoms with Gasteiger partial charge < -0.3 is 38.2 Å². The minimum atomic E-state index is -0.504. The number of halogens is 1. The number of piperidine rings is 1. The van der Waals surface area contributed by atoms with Crippen molar-refractivity contribution in [1.82, 2.24) is 24.3 Å². The summed E-state index contributed by atoms with van der Waals surface area (Å²) in [6, 6.07) is 9.95. The van der Waals surface area contributed by atoms with Crippen LogP contribution < -0.4 is 24.2 Å². The molecule has 1 amide bonds. The molecule has 6 rings (SSSR count). The average Bonchev–Trinajstić information content (AvgIpc) is 3.51. The molecule has 4 aromatic rings. The van der Waals surface area contributed by atoms with Gasteiger partial charge in [0.1, 0.15) is 28.6 Å². The van der Waals surface area contributed by atoms with Gasteiger partial charge in [-0.2, -0.15) is 4.98 Å². The number of carbonyl (C=O) groups is 1. The molecule has 12 nitrogen and oxygen atoms in total. The van der Waals surface area contributed by atoms with Crippen LogP contribution in [0.4, 0.5) is 22.2 Å². The molecule has 3 aromatic heterocycles. The Balaban J connectivity index is 1.07. The van der Waals surface area contributed by atoms with Gasteiger partial charge in [0.2, 0.25) is 5.95 Å². The number of methoxy groups -OCH3 is 2. The number of benzene rings is 1. The summed E-state index contributed by atoms with van der Waals surface area (Å²) in [5.41, 5.74) is 3.02. The summed E-state index contributed by atoms with van der Waals surface area (Å²) in [7, 11) is 5.04. The summed E-state index contributed by atoms with van der Waals surface area (Å²) < 4.78 is 18.5. The number of fused-ring (bicyclic) bond motifs is 1. The molecular weight excluding hydrogens is 620 g/mol. The van der Waals surface area contributed by atoms with Gasteiger partial charge in [0.05, 0.1) is 24.9 Å². The van der Waals surface area contributed by atoms with Crippen molar-refractivity contribution in [3.63, 3.8) is 0 Å². The van der Waals surface area contributed by atoms with Crippen LogP contribution in [0.1, 0.15) is 33.6 Å². The zero-order valence-corrected chi connectivity index (χ0v) is 28.7. The Hall–Kier alpha value is -4.45. The fourth-order valence-electron chi connectivity index (χ4n) is 6.16. The van der Waals surface area contributed by atoms with Gasteiger partial charge in [-0.25, -0.2) is 14.8 Å². The monoisotopic (exact) mass is 662 g/mol. The van der Waals surface area contributed by atoms with Crippen molar-refractivity contribution in [1.29, 1.82) is 0 Å². The molecule has 47 heavy (non-hydrogen) atoms. The minimum Gasteiger partial charge on any atom is -0.496 e. The molecule has 0 saturated carbocycles. The van der Waals surface area contributed by atoms with Crippen molar-refractivity contribution in [3.05, 3.63) is 53.9 Å². The van der Waals surface area contributed by atoms with Gasteiger partial charge >= 0.3 is 6.09 Å². The topological polar surface area (TPSA) is 101 Å². The number of hydrogen-bond acceptors (Lipinski definition) is 10. The van der Waals surface area contributed by atoms with Crippen LogP contribution in [0.25, 0.3) is 16.9 Å². The molecule has 2 fully saturated rings. The number of carbonyl (C=O) groups excluding carboxylic acids is 1. The maximum absolute atomic E-state index is 12.5. The average molecular weight is 663 g/mol. The van der Waals surface area contributed by atoms with E-state index in [9.17, 15) is 4.79 Å². The van der Waals surface area contributed by atoms with Crippen LogP contribution in [0.15, 0.2) is 48.9 Å². The normalized spacial score (nSPS) is 16.0. The number of imidazole rings is 1. The molecule has 13 heteroatoms. The van der Waals surface area contributed by atoms with Gasteiger partial charge in [0.15, 0.2) is 0 Å². The van der Waals surface area contributed by atoms with E-state index >= 15 is 0 Å². The third-order valence-corrected chi connectivity index (χ3v) is 9.06. The SMILES string of the molecule is COc1cc(OC)c(-c2cn3ccc(N4CCN(c5nccc(N6CCC(N(C)C(=O)OC(C)(C)C)CC6)n5)CC4)cc3n2)cc1Cl. The molecule has 0 radical (unpaired) electrons. The first kappa shape index (κ1) is 32.5. The number of aromatic nitrogens is 4. The van der Waals surface area contributed by atoms with E-state index in [1.807, 2.05) is 62.9 Å². The van der Waals surface area contributed by atoms with Crippen LogP contribution in [0.2, 0.25) is 5.02 Å². The number of anilines is 3. The fourth-order valence-corrected chi connectivity index (χ4v) is 6.40. The van der Waals surface area contributed by atoms with Crippen molar-refractivity contribution in [2.45, 2.75) is 45.3 Å². The molecule has 0 aliphatic carbocycles. The van der Waals surface area contributed by atoms with E-state index in [4.69, 9.17) is 35.8 Å². The molecule has 5 heterocycles. The maximum Gasteiger partial charge on any atom is 0.410 e. The van der Waals surface area contributed by atoms with E-state index in [1.54, 1.807) is 25.2 Å². The predicted molar refractivity (Wildman–Crippen MR) is 184 cm³/mol. The second-order valence-electron chi connectivity index (χ2n) is 13.0. The minimum absolute atomic E-state index is 0.145. The smallest absolute Gasteiger partial charge is 0.410 e. The highest BCUT2D eigenvalue weighted by atomic mass is 35.5. The molecule has 2 aliphatic heterocycles. The molecule has 0 atom stereocenters. The molecular formula is C34H43ClN8O4. The standard InChI is InChI=1S/C34H43ClN8O4/c1-34(2,3)47-33(44)39(4)23-8-12-41(13-9-23)30-7-11-36-32(38-30)42-17-15-40(16-18-42)24-10-14-43-22-27(37-31(43)19-24)25-20-26(35)29(46-6)21-28(25)45-5/h7,10-11,14,19-23H,8-9,12-13,15-18H2,1-6H3. The highest BCUT2D eigenvalue weighted by Gasteiger charge is 2.29. The molecule has 0 N–H and O–H groups in total. The number of amides is 1. The quantitative estimate of drug-likeness (QED) is 0.248. The first-order chi connectivity index (χ1) is 22.5. The van der Waals surface area contributed by atoms with Gasteiger partial charge in [-0.1, -0.05) is 11.6 Å². The van der Waals surface area contributed by atoms with E-state index in [0.717, 1.165) is 86.5 Å². The first-order valence-electron chi connectivity index (χ1n) is 16.0. The van der Waals surface area contributed by atoms with Gasteiger partial charge in [-0.05, 0) is 51.8 Å². The van der Waals surface area contributed by atoms with Crippen LogP contribution in [0, 0.1) is 0 Å². The molecule has 0 unspecified atom stereocenters. The zero-order chi connectivity index (χ0) is 33.3. The number of nitrogens with zero attached hydrogens (tertiary/aromatic N) is 8. The van der Waals surface area contributed by atoms with E-state index in [2.05, 4.69) is 31.8 Å². The van der Waals surface area contributed by atoms with E-state index < -0.39 is 5.60 Å². The fraction of sp³-hybridized carbons (Fsp3) is 0.471. The van der Waals surface area contributed by atoms with Gasteiger partial charge in [0, 0.05) is 94.3 Å². The van der Waals surface area contributed by atoms with Crippen LogP contribution in [0.3, 0.4) is 0 Å². The number of rotatable bonds is 7. The molecule has 2 saturated heterocycles. The lowest BCUT2D eigenvalue weighted by atomic mass is 10.0. The molecule has 1 aromatic carbocycles. The number of hydrogen-bond donors (Lipinski definition) is 0. The number of pyridine rings is 1. The third-order valence-electron chi connectivity index (χ3n) is 8.77. The third kappa shape index (κ3) is 7.12. The Bertz CT molecular complexity index is 1730. The Morgan fingerprint density at radius 2 is 1.62 bits per heavy atom. The first-order valence-corrected chi connectivity index (χ1v) is 16.3. The largest absolute Gasteiger partial charge is 0.496 e. The van der Waals surface area contributed by atoms with Crippen LogP contribution in [-0.2, 0) is 4.74 Å². The second kappa shape index (κ2) is 13.3. The van der Waals surface area contributed by atoms with E-state index in [1.165, 1.54) is 0 Å². The van der Waals surface area contributed by atoms with E-state index in [0.29, 0.717) is 16.5 Å². The van der Waals surface area contributed by atoms with Gasteiger partial charge in [-0.3, -0.25) is 0 Å². The summed E-state index contributed by atoms with van der Waals surface area (Å²) in [6.45, 7) is 10.6. The summed E-state index contributed by atoms with van der Waals surface area (Å²) in [5, 5.41) is 0.501. The molecule has 0 bridgehead atoms. The highest BCUT2D eigenvalue weighted by molar-refractivity contribution is 6.32. The molecule has 250 valence electrons. The summed E-state index contributed by atoms with van der Waals surface area (Å²) in [6.07, 6.45) is 7.30. The Morgan fingerprint density at radius 3 is 2.30 bits per heavy atom. The predicted octanol–water partition coefficient (Wildman–Crippen LogP) is 5.62. The number of ether oxygens (including phenoxy) is 3. The Morgan fingerprint density at radius 1 is 0.915 bits per heavy atom. The van der Waals surface area contributed by atoms with Gasteiger partial charge in [-0.15, -0.1) is 0 Å². The lowest BCUT2D eigenvalue weighted by Gasteiger charge is -2.38. The van der Waals surface area contributed by atoms with Crippen LogP contribution in [0.5, 0.6) is 11.5 Å². The van der Waals surface area contributed by atoms with Crippen LogP contribution in [-0.4, -0.2) is 103 Å². The van der Waals surface area contributed by atoms with Gasteiger partial charge in [0.25, 0.3) is 0 Å². The zero-order valence-electron chi connectivity index (χ0n) is 27.9. The summed E-state index contributed by atoms with van der Waals surface area (Å²) in [5.74, 6) is 2.87. The Labute approximate surface area is 280 Å². The van der Waals surface area contributed by atoms with Crippen LogP contribution >= 0.6 is 11.6 Å².